The molecule has 0 bridgehead atoms. The van der Waals surface area contributed by atoms with Crippen molar-refractivity contribution in [2.45, 2.75) is 10.1 Å². The fraction of sp³-hybridized carbons (Fsp3) is 0.0714. The van der Waals surface area contributed by atoms with Gasteiger partial charge in [-0.1, -0.05) is 77.8 Å². The molecule has 0 radical (unpaired) electrons. The molecule has 8 heteroatoms. The fourth-order valence-electron chi connectivity index (χ4n) is 3.33. The number of hydrogen-bond donors (Lipinski definition) is 2. The third kappa shape index (κ3) is 7.28. The van der Waals surface area contributed by atoms with E-state index in [4.69, 9.17) is 27.9 Å². The summed E-state index contributed by atoms with van der Waals surface area (Å²) >= 11 is 13.5. The van der Waals surface area contributed by atoms with Gasteiger partial charge in [-0.25, -0.2) is 0 Å². The Morgan fingerprint density at radius 3 is 2.17 bits per heavy atom. The zero-order valence-electron chi connectivity index (χ0n) is 19.0. The summed E-state index contributed by atoms with van der Waals surface area (Å²) in [5.74, 6) is 0.129. The molecule has 0 fully saturated rings. The van der Waals surface area contributed by atoms with Crippen LogP contribution in [0.25, 0.3) is 0 Å². The predicted octanol–water partition coefficient (Wildman–Crippen LogP) is 7.48. The normalized spacial score (nSPS) is 11.4. The van der Waals surface area contributed by atoms with E-state index in [2.05, 4.69) is 10.6 Å². The highest BCUT2D eigenvalue weighted by molar-refractivity contribution is 8.00. The van der Waals surface area contributed by atoms with Crippen molar-refractivity contribution < 1.29 is 14.3 Å². The van der Waals surface area contributed by atoms with Crippen molar-refractivity contribution >= 4 is 58.2 Å². The number of carbonyl (C=O) groups excluding carboxylic acids is 2. The molecule has 182 valence electrons. The third-order valence-corrected chi connectivity index (χ3v) is 7.00. The number of ether oxygens (including phenoxy) is 1. The molecule has 2 N–H and O–H groups in total. The van der Waals surface area contributed by atoms with Gasteiger partial charge in [-0.15, -0.1) is 11.8 Å². The lowest BCUT2D eigenvalue weighted by molar-refractivity contribution is -0.118. The Bertz CT molecular complexity index is 1340. The van der Waals surface area contributed by atoms with Gasteiger partial charge in [0.1, 0.15) is 11.0 Å². The molecular formula is C28H22Cl2N2O3S. The molecular weight excluding hydrogens is 515 g/mol. The number of para-hydroxylation sites is 1. The van der Waals surface area contributed by atoms with Gasteiger partial charge in [-0.2, -0.15) is 0 Å². The monoisotopic (exact) mass is 536 g/mol. The lowest BCUT2D eigenvalue weighted by Gasteiger charge is -2.18. The van der Waals surface area contributed by atoms with Crippen molar-refractivity contribution in [2.24, 2.45) is 0 Å². The predicted molar refractivity (Wildman–Crippen MR) is 147 cm³/mol. The van der Waals surface area contributed by atoms with E-state index < -0.39 is 5.25 Å². The van der Waals surface area contributed by atoms with E-state index in [0.29, 0.717) is 27.2 Å². The lowest BCUT2D eigenvalue weighted by atomic mass is 10.1. The molecule has 0 spiro atoms. The van der Waals surface area contributed by atoms with E-state index >= 15 is 0 Å². The number of thioether (sulfide) groups is 1. The molecule has 5 nitrogen and oxygen atoms in total. The van der Waals surface area contributed by atoms with E-state index in [0.717, 1.165) is 10.5 Å². The Kier molecular flexibility index (Phi) is 8.90. The minimum absolute atomic E-state index is 0.111. The van der Waals surface area contributed by atoms with Crippen LogP contribution in [0.15, 0.2) is 108 Å². The third-order valence-electron chi connectivity index (χ3n) is 5.01. The molecule has 0 aliphatic carbocycles. The molecule has 1 unspecified atom stereocenters. The van der Waals surface area contributed by atoms with E-state index in [1.54, 1.807) is 36.4 Å². The van der Waals surface area contributed by atoms with Gasteiger partial charge >= 0.3 is 0 Å². The van der Waals surface area contributed by atoms with Crippen molar-refractivity contribution in [3.8, 4) is 5.75 Å². The maximum atomic E-state index is 13.3. The molecule has 2 amide bonds. The first-order valence-electron chi connectivity index (χ1n) is 11.0. The van der Waals surface area contributed by atoms with Gasteiger partial charge < -0.3 is 15.4 Å². The number of rotatable bonds is 9. The van der Waals surface area contributed by atoms with E-state index in [9.17, 15) is 9.59 Å². The van der Waals surface area contributed by atoms with Crippen LogP contribution in [0.4, 0.5) is 11.4 Å². The fourth-order valence-corrected chi connectivity index (χ4v) is 4.71. The van der Waals surface area contributed by atoms with Gasteiger partial charge in [0.25, 0.3) is 5.91 Å². The number of hydrogen-bond acceptors (Lipinski definition) is 4. The summed E-state index contributed by atoms with van der Waals surface area (Å²) in [6.07, 6.45) is 0. The summed E-state index contributed by atoms with van der Waals surface area (Å²) in [5.41, 5.74) is 2.00. The molecule has 4 aromatic rings. The van der Waals surface area contributed by atoms with Crippen molar-refractivity contribution in [3.63, 3.8) is 0 Å². The Morgan fingerprint density at radius 2 is 1.44 bits per heavy atom. The van der Waals surface area contributed by atoms with Crippen molar-refractivity contribution in [1.82, 2.24) is 0 Å². The van der Waals surface area contributed by atoms with Crippen molar-refractivity contribution in [3.05, 3.63) is 119 Å². The molecule has 0 saturated carbocycles. The summed E-state index contributed by atoms with van der Waals surface area (Å²) in [4.78, 5) is 26.5. The Balaban J connectivity index is 1.46. The van der Waals surface area contributed by atoms with E-state index in [1.807, 2.05) is 66.7 Å². The zero-order valence-corrected chi connectivity index (χ0v) is 21.3. The summed E-state index contributed by atoms with van der Waals surface area (Å²) in [5, 5.41) is 5.98. The number of carbonyl (C=O) groups is 2. The average molecular weight is 537 g/mol. The Morgan fingerprint density at radius 1 is 0.750 bits per heavy atom. The maximum absolute atomic E-state index is 13.3. The van der Waals surface area contributed by atoms with Crippen LogP contribution in [-0.2, 0) is 9.59 Å². The molecule has 4 aromatic carbocycles. The quantitative estimate of drug-likeness (QED) is 0.217. The average Bonchev–Trinajstić information content (AvgIpc) is 2.89. The zero-order chi connectivity index (χ0) is 25.3. The summed E-state index contributed by atoms with van der Waals surface area (Å²) in [7, 11) is 0. The van der Waals surface area contributed by atoms with Crippen molar-refractivity contribution in [2.75, 3.05) is 17.2 Å². The molecule has 0 aliphatic rings. The number of halogens is 2. The van der Waals surface area contributed by atoms with Crippen LogP contribution < -0.4 is 15.4 Å². The summed E-state index contributed by atoms with van der Waals surface area (Å²) in [6, 6.07) is 30.9. The first-order valence-corrected chi connectivity index (χ1v) is 12.7. The van der Waals surface area contributed by atoms with Crippen LogP contribution in [0.2, 0.25) is 10.0 Å². The highest BCUT2D eigenvalue weighted by Gasteiger charge is 2.22. The van der Waals surface area contributed by atoms with Gasteiger partial charge in [-0.05, 0) is 54.1 Å². The van der Waals surface area contributed by atoms with Crippen LogP contribution >= 0.6 is 35.0 Å². The number of nitrogens with one attached hydrogen (secondary N) is 2. The van der Waals surface area contributed by atoms with Gasteiger partial charge in [0, 0.05) is 16.3 Å². The number of benzene rings is 4. The SMILES string of the molecule is O=C(COc1ccccc1)Nc1cccc(SC(C(=O)Nc2ccc(Cl)c(Cl)c2)c2ccccc2)c1. The van der Waals surface area contributed by atoms with Crippen LogP contribution in [-0.4, -0.2) is 18.4 Å². The van der Waals surface area contributed by atoms with Crippen LogP contribution in [0.1, 0.15) is 10.8 Å². The molecule has 36 heavy (non-hydrogen) atoms. The highest BCUT2D eigenvalue weighted by Crippen LogP contribution is 2.37. The molecule has 0 aromatic heterocycles. The topological polar surface area (TPSA) is 67.4 Å². The smallest absolute Gasteiger partial charge is 0.262 e. The molecule has 0 heterocycles. The standard InChI is InChI=1S/C28H22Cl2N2O3S/c29-24-15-14-21(17-25(24)30)32-28(34)27(19-8-3-1-4-9-19)36-23-13-7-10-20(16-23)31-26(33)18-35-22-11-5-2-6-12-22/h1-17,27H,18H2,(H,31,33)(H,32,34). The van der Waals surface area contributed by atoms with Crippen LogP contribution in [0.3, 0.4) is 0 Å². The van der Waals surface area contributed by atoms with Gasteiger partial charge in [0.05, 0.1) is 10.0 Å². The summed E-state index contributed by atoms with van der Waals surface area (Å²) in [6.45, 7) is -0.111. The molecule has 4 rings (SSSR count). The number of anilines is 2. The maximum Gasteiger partial charge on any atom is 0.262 e. The van der Waals surface area contributed by atoms with Crippen LogP contribution in [0, 0.1) is 0 Å². The molecule has 1 atom stereocenters. The van der Waals surface area contributed by atoms with Gasteiger partial charge in [0.2, 0.25) is 5.91 Å². The van der Waals surface area contributed by atoms with Gasteiger partial charge in [0.15, 0.2) is 6.61 Å². The molecule has 0 saturated heterocycles. The second kappa shape index (κ2) is 12.5. The second-order valence-corrected chi connectivity index (χ2v) is 9.70. The number of amides is 2. The Hall–Kier alpha value is -3.45. The lowest BCUT2D eigenvalue weighted by Crippen LogP contribution is -2.20. The Labute approximate surface area is 223 Å². The first kappa shape index (κ1) is 25.6. The van der Waals surface area contributed by atoms with Crippen LogP contribution in [0.5, 0.6) is 5.75 Å². The largest absolute Gasteiger partial charge is 0.484 e. The minimum Gasteiger partial charge on any atom is -0.484 e. The van der Waals surface area contributed by atoms with Gasteiger partial charge in [-0.3, -0.25) is 9.59 Å². The first-order chi connectivity index (χ1) is 17.5. The van der Waals surface area contributed by atoms with E-state index in [-0.39, 0.29) is 18.4 Å². The summed E-state index contributed by atoms with van der Waals surface area (Å²) < 4.78 is 5.51. The van der Waals surface area contributed by atoms with Crippen molar-refractivity contribution in [1.29, 1.82) is 0 Å². The molecule has 0 aliphatic heterocycles. The minimum atomic E-state index is -0.548. The highest BCUT2D eigenvalue weighted by atomic mass is 35.5. The second-order valence-electron chi connectivity index (χ2n) is 7.70. The van der Waals surface area contributed by atoms with E-state index in [1.165, 1.54) is 11.8 Å².